The van der Waals surface area contributed by atoms with Gasteiger partial charge in [-0.05, 0) is 17.2 Å². The monoisotopic (exact) mass is 376 g/mol. The van der Waals surface area contributed by atoms with Gasteiger partial charge < -0.3 is 10.2 Å². The van der Waals surface area contributed by atoms with Crippen molar-refractivity contribution in [1.82, 2.24) is 10.2 Å². The summed E-state index contributed by atoms with van der Waals surface area (Å²) in [4.78, 5) is 26.7. The third kappa shape index (κ3) is 5.27. The fraction of sp³-hybridized carbons (Fsp3) is 0.130. The number of amides is 2. The molecule has 0 spiro atoms. The van der Waals surface area contributed by atoms with Crippen molar-refractivity contribution >= 4 is 11.8 Å². The Bertz CT molecular complexity index is 888. The molecule has 142 valence electrons. The lowest BCUT2D eigenvalue weighted by Gasteiger charge is -2.22. The highest BCUT2D eigenvalue weighted by molar-refractivity contribution is 6.34. The Morgan fingerprint density at radius 3 is 1.79 bits per heavy atom. The predicted octanol–water partition coefficient (Wildman–Crippen LogP) is 3.67. The molecule has 28 heavy (non-hydrogen) atoms. The molecule has 0 heterocycles. The summed E-state index contributed by atoms with van der Waals surface area (Å²) in [5.41, 5.74) is 2.18. The molecule has 0 radical (unpaired) electrons. The molecule has 5 heteroatoms. The summed E-state index contributed by atoms with van der Waals surface area (Å²) in [5, 5.41) is 2.52. The van der Waals surface area contributed by atoms with Gasteiger partial charge in [-0.3, -0.25) is 9.59 Å². The normalized spacial score (nSPS) is 10.3. The molecular formula is C23H21FN2O2. The fourth-order valence-electron chi connectivity index (χ4n) is 2.84. The first kappa shape index (κ1) is 19.3. The van der Waals surface area contributed by atoms with Gasteiger partial charge >= 0.3 is 11.8 Å². The van der Waals surface area contributed by atoms with Gasteiger partial charge in [0.05, 0.1) is 0 Å². The molecule has 0 aromatic heterocycles. The molecule has 0 aliphatic heterocycles. The molecule has 0 unspecified atom stereocenters. The molecule has 0 bridgehead atoms. The highest BCUT2D eigenvalue weighted by atomic mass is 19.1. The molecule has 0 saturated heterocycles. The van der Waals surface area contributed by atoms with E-state index in [1.54, 1.807) is 18.2 Å². The highest BCUT2D eigenvalue weighted by Crippen LogP contribution is 2.11. The zero-order chi connectivity index (χ0) is 19.8. The average molecular weight is 376 g/mol. The molecule has 1 N–H and O–H groups in total. The van der Waals surface area contributed by atoms with Crippen LogP contribution in [0.15, 0.2) is 84.9 Å². The third-order valence-corrected chi connectivity index (χ3v) is 4.31. The van der Waals surface area contributed by atoms with Crippen LogP contribution in [-0.2, 0) is 29.2 Å². The van der Waals surface area contributed by atoms with Crippen molar-refractivity contribution in [2.75, 3.05) is 0 Å². The number of nitrogens with one attached hydrogen (secondary N) is 1. The summed E-state index contributed by atoms with van der Waals surface area (Å²) in [5.74, 6) is -1.82. The van der Waals surface area contributed by atoms with Crippen LogP contribution >= 0.6 is 0 Å². The highest BCUT2D eigenvalue weighted by Gasteiger charge is 2.22. The van der Waals surface area contributed by atoms with E-state index in [1.807, 2.05) is 60.7 Å². The first-order valence-electron chi connectivity index (χ1n) is 9.02. The van der Waals surface area contributed by atoms with Crippen molar-refractivity contribution in [1.29, 1.82) is 0 Å². The minimum atomic E-state index is -0.755. The molecule has 0 saturated carbocycles. The van der Waals surface area contributed by atoms with Crippen LogP contribution in [0, 0.1) is 5.82 Å². The second kappa shape index (κ2) is 9.46. The van der Waals surface area contributed by atoms with Gasteiger partial charge in [0.25, 0.3) is 0 Å². The average Bonchev–Trinajstić information content (AvgIpc) is 2.73. The minimum absolute atomic E-state index is 0.0399. The van der Waals surface area contributed by atoms with Crippen molar-refractivity contribution in [3.63, 3.8) is 0 Å². The van der Waals surface area contributed by atoms with Crippen LogP contribution in [0.4, 0.5) is 4.39 Å². The summed E-state index contributed by atoms with van der Waals surface area (Å²) in [6.07, 6.45) is 0. The Morgan fingerprint density at radius 2 is 1.25 bits per heavy atom. The smallest absolute Gasteiger partial charge is 0.312 e. The van der Waals surface area contributed by atoms with Crippen molar-refractivity contribution in [3.8, 4) is 0 Å². The maximum Gasteiger partial charge on any atom is 0.312 e. The van der Waals surface area contributed by atoms with Gasteiger partial charge in [0, 0.05) is 25.2 Å². The van der Waals surface area contributed by atoms with E-state index < -0.39 is 17.6 Å². The molecule has 2 amide bonds. The Kier molecular flexibility index (Phi) is 6.52. The fourth-order valence-corrected chi connectivity index (χ4v) is 2.84. The van der Waals surface area contributed by atoms with Crippen LogP contribution in [0.2, 0.25) is 0 Å². The molecule has 0 aliphatic rings. The summed E-state index contributed by atoms with van der Waals surface area (Å²) < 4.78 is 13.7. The van der Waals surface area contributed by atoms with Gasteiger partial charge in [-0.1, -0.05) is 78.9 Å². The molecule has 0 aliphatic carbocycles. The van der Waals surface area contributed by atoms with Crippen molar-refractivity contribution in [3.05, 3.63) is 107 Å². The van der Waals surface area contributed by atoms with Crippen molar-refractivity contribution in [2.24, 2.45) is 0 Å². The van der Waals surface area contributed by atoms with Crippen molar-refractivity contribution in [2.45, 2.75) is 19.6 Å². The lowest BCUT2D eigenvalue weighted by Crippen LogP contribution is -2.42. The standard InChI is InChI=1S/C23H21FN2O2/c24-21-14-8-7-13-20(21)15-25-22(27)23(28)26(16-18-9-3-1-4-10-18)17-19-11-5-2-6-12-19/h1-14H,15-17H2,(H,25,27). The van der Waals surface area contributed by atoms with Crippen LogP contribution in [0.5, 0.6) is 0 Å². The van der Waals surface area contributed by atoms with Gasteiger partial charge in [-0.15, -0.1) is 0 Å². The summed E-state index contributed by atoms with van der Waals surface area (Å²) in [6.45, 7) is 0.575. The van der Waals surface area contributed by atoms with E-state index in [1.165, 1.54) is 11.0 Å². The maximum absolute atomic E-state index is 13.7. The topological polar surface area (TPSA) is 49.4 Å². The van der Waals surface area contributed by atoms with E-state index in [9.17, 15) is 14.0 Å². The van der Waals surface area contributed by atoms with Gasteiger partial charge in [-0.25, -0.2) is 4.39 Å². The quantitative estimate of drug-likeness (QED) is 0.668. The predicted molar refractivity (Wildman–Crippen MR) is 105 cm³/mol. The second-order valence-electron chi connectivity index (χ2n) is 6.41. The van der Waals surface area contributed by atoms with Gasteiger partial charge in [-0.2, -0.15) is 0 Å². The Balaban J connectivity index is 1.71. The minimum Gasteiger partial charge on any atom is -0.344 e. The van der Waals surface area contributed by atoms with Gasteiger partial charge in [0.15, 0.2) is 0 Å². The van der Waals surface area contributed by atoms with E-state index in [4.69, 9.17) is 0 Å². The third-order valence-electron chi connectivity index (χ3n) is 4.31. The molecular weight excluding hydrogens is 355 g/mol. The molecule has 0 atom stereocenters. The molecule has 0 fully saturated rings. The first-order valence-corrected chi connectivity index (χ1v) is 9.02. The van der Waals surface area contributed by atoms with E-state index in [0.29, 0.717) is 18.7 Å². The molecule has 3 aromatic carbocycles. The Hall–Kier alpha value is -3.47. The number of benzene rings is 3. The SMILES string of the molecule is O=C(NCc1ccccc1F)C(=O)N(Cc1ccccc1)Cc1ccccc1. The first-order chi connectivity index (χ1) is 13.6. The van der Waals surface area contributed by atoms with Crippen LogP contribution in [0.25, 0.3) is 0 Å². The zero-order valence-corrected chi connectivity index (χ0v) is 15.3. The lowest BCUT2D eigenvalue weighted by atomic mass is 10.1. The second-order valence-corrected chi connectivity index (χ2v) is 6.41. The van der Waals surface area contributed by atoms with Crippen molar-refractivity contribution < 1.29 is 14.0 Å². The summed E-state index contributed by atoms with van der Waals surface area (Å²) in [6, 6.07) is 25.1. The number of hydrogen-bond donors (Lipinski definition) is 1. The summed E-state index contributed by atoms with van der Waals surface area (Å²) in [7, 11) is 0. The van der Waals surface area contributed by atoms with E-state index in [-0.39, 0.29) is 6.54 Å². The number of carbonyl (C=O) groups excluding carboxylic acids is 2. The number of halogens is 1. The number of nitrogens with zero attached hydrogens (tertiary/aromatic N) is 1. The van der Waals surface area contributed by atoms with Crippen LogP contribution in [0.3, 0.4) is 0 Å². The lowest BCUT2D eigenvalue weighted by molar-refractivity contribution is -0.146. The number of carbonyl (C=O) groups is 2. The molecule has 4 nitrogen and oxygen atoms in total. The number of hydrogen-bond acceptors (Lipinski definition) is 2. The van der Waals surface area contributed by atoms with Gasteiger partial charge in [0.2, 0.25) is 0 Å². The number of rotatable bonds is 6. The molecule has 3 aromatic rings. The van der Waals surface area contributed by atoms with Crippen LogP contribution in [0.1, 0.15) is 16.7 Å². The van der Waals surface area contributed by atoms with Gasteiger partial charge in [0.1, 0.15) is 5.82 Å². The van der Waals surface area contributed by atoms with Crippen LogP contribution in [-0.4, -0.2) is 16.7 Å². The summed E-state index contributed by atoms with van der Waals surface area (Å²) >= 11 is 0. The van der Waals surface area contributed by atoms with E-state index >= 15 is 0 Å². The van der Waals surface area contributed by atoms with Crippen LogP contribution < -0.4 is 5.32 Å². The maximum atomic E-state index is 13.7. The zero-order valence-electron chi connectivity index (χ0n) is 15.3. The molecule has 3 rings (SSSR count). The van der Waals surface area contributed by atoms with E-state index in [2.05, 4.69) is 5.32 Å². The Morgan fingerprint density at radius 1 is 0.750 bits per heavy atom. The van der Waals surface area contributed by atoms with E-state index in [0.717, 1.165) is 11.1 Å². The Labute approximate surface area is 163 Å². The largest absolute Gasteiger partial charge is 0.344 e.